The van der Waals surface area contributed by atoms with Crippen LogP contribution in [-0.4, -0.2) is 17.7 Å². The molecule has 0 heterocycles. The van der Waals surface area contributed by atoms with Gasteiger partial charge < -0.3 is 9.84 Å². The highest BCUT2D eigenvalue weighted by Gasteiger charge is 2.10. The van der Waals surface area contributed by atoms with Gasteiger partial charge in [-0.25, -0.2) is 0 Å². The van der Waals surface area contributed by atoms with E-state index < -0.39 is 6.10 Å². The van der Waals surface area contributed by atoms with Gasteiger partial charge in [0.1, 0.15) is 12.7 Å². The molecule has 1 rings (SSSR count). The summed E-state index contributed by atoms with van der Waals surface area (Å²) in [6.07, 6.45) is 38.7. The average Bonchev–Trinajstić information content (AvgIpc) is 3.01. The van der Waals surface area contributed by atoms with Crippen molar-refractivity contribution in [3.63, 3.8) is 0 Å². The van der Waals surface area contributed by atoms with Gasteiger partial charge in [0.25, 0.3) is 0 Å². The van der Waals surface area contributed by atoms with Crippen LogP contribution in [0.4, 0.5) is 0 Å². The molecule has 1 aromatic carbocycles. The second-order valence-electron chi connectivity index (χ2n) is 12.9. The summed E-state index contributed by atoms with van der Waals surface area (Å²) in [5.41, 5.74) is 0.788. The monoisotopic (exact) mass is 587 g/mol. The number of esters is 1. The molecule has 0 radical (unpaired) electrons. The minimum absolute atomic E-state index is 0.0440. The summed E-state index contributed by atoms with van der Waals surface area (Å²) in [6, 6.07) is 9.36. The molecular weight excluding hydrogens is 516 g/mol. The van der Waals surface area contributed by atoms with Gasteiger partial charge in [0.15, 0.2) is 0 Å². The van der Waals surface area contributed by atoms with Crippen LogP contribution in [0.15, 0.2) is 30.3 Å². The Kier molecular flexibility index (Phi) is 28.6. The molecule has 3 heteroatoms. The molecule has 42 heavy (non-hydrogen) atoms. The molecule has 0 fully saturated rings. The maximum Gasteiger partial charge on any atom is 0.305 e. The molecule has 0 saturated heterocycles. The van der Waals surface area contributed by atoms with Crippen molar-refractivity contribution in [1.82, 2.24) is 0 Å². The zero-order valence-corrected chi connectivity index (χ0v) is 27.9. The highest BCUT2D eigenvalue weighted by molar-refractivity contribution is 5.69. The third-order valence-corrected chi connectivity index (χ3v) is 8.82. The van der Waals surface area contributed by atoms with Crippen LogP contribution >= 0.6 is 0 Å². The molecule has 0 aliphatic heterocycles. The Morgan fingerprint density at radius 2 is 0.833 bits per heavy atom. The lowest BCUT2D eigenvalue weighted by Gasteiger charge is -2.11. The quantitative estimate of drug-likeness (QED) is 0.0674. The number of rotatable bonds is 32. The van der Waals surface area contributed by atoms with E-state index in [4.69, 9.17) is 4.74 Å². The third kappa shape index (κ3) is 26.3. The summed E-state index contributed by atoms with van der Waals surface area (Å²) < 4.78 is 5.23. The molecule has 1 unspecified atom stereocenters. The van der Waals surface area contributed by atoms with Crippen molar-refractivity contribution < 1.29 is 14.6 Å². The molecule has 0 saturated carbocycles. The molecule has 244 valence electrons. The van der Waals surface area contributed by atoms with Crippen LogP contribution in [0.2, 0.25) is 0 Å². The fourth-order valence-corrected chi connectivity index (χ4v) is 5.95. The largest absolute Gasteiger partial charge is 0.463 e. The van der Waals surface area contributed by atoms with E-state index in [0.29, 0.717) is 6.42 Å². The Balaban J connectivity index is 1.69. The van der Waals surface area contributed by atoms with Gasteiger partial charge in [-0.3, -0.25) is 4.79 Å². The Bertz CT molecular complexity index is 673. The Labute approximate surface area is 262 Å². The van der Waals surface area contributed by atoms with Crippen LogP contribution < -0.4 is 0 Å². The molecule has 0 aliphatic carbocycles. The van der Waals surface area contributed by atoms with Gasteiger partial charge >= 0.3 is 5.97 Å². The summed E-state index contributed by atoms with van der Waals surface area (Å²) >= 11 is 0. The number of carbonyl (C=O) groups excluding carboxylic acids is 1. The van der Waals surface area contributed by atoms with E-state index in [1.54, 1.807) is 0 Å². The fourth-order valence-electron chi connectivity index (χ4n) is 5.95. The number of aliphatic hydroxyl groups excluding tert-OH is 1. The lowest BCUT2D eigenvalue weighted by molar-refractivity contribution is -0.146. The van der Waals surface area contributed by atoms with Gasteiger partial charge in [-0.1, -0.05) is 211 Å². The maximum absolute atomic E-state index is 11.9. The van der Waals surface area contributed by atoms with Gasteiger partial charge in [-0.2, -0.15) is 0 Å². The molecule has 0 spiro atoms. The van der Waals surface area contributed by atoms with Crippen molar-refractivity contribution in [2.24, 2.45) is 0 Å². The summed E-state index contributed by atoms with van der Waals surface area (Å²) in [4.78, 5) is 11.9. The first-order chi connectivity index (χ1) is 20.7. The van der Waals surface area contributed by atoms with E-state index in [0.717, 1.165) is 18.4 Å². The van der Waals surface area contributed by atoms with E-state index in [1.165, 1.54) is 167 Å². The molecular formula is C39H70O3. The maximum atomic E-state index is 11.9. The van der Waals surface area contributed by atoms with Crippen molar-refractivity contribution in [1.29, 1.82) is 0 Å². The number of hydrogen-bond donors (Lipinski definition) is 1. The van der Waals surface area contributed by atoms with Crippen molar-refractivity contribution in [3.8, 4) is 0 Å². The number of hydrogen-bond acceptors (Lipinski definition) is 3. The van der Waals surface area contributed by atoms with Crippen molar-refractivity contribution in [2.45, 2.75) is 199 Å². The minimum atomic E-state index is -0.737. The summed E-state index contributed by atoms with van der Waals surface area (Å²) in [5, 5.41) is 10.1. The van der Waals surface area contributed by atoms with Crippen molar-refractivity contribution in [3.05, 3.63) is 35.9 Å². The van der Waals surface area contributed by atoms with Gasteiger partial charge in [0, 0.05) is 6.42 Å². The predicted molar refractivity (Wildman–Crippen MR) is 182 cm³/mol. The van der Waals surface area contributed by atoms with Crippen LogP contribution in [0.3, 0.4) is 0 Å². The molecule has 0 aliphatic rings. The predicted octanol–water partition coefficient (Wildman–Crippen LogP) is 12.6. The Morgan fingerprint density at radius 1 is 0.524 bits per heavy atom. The number of aliphatic hydroxyl groups is 1. The van der Waals surface area contributed by atoms with Gasteiger partial charge in [0.2, 0.25) is 0 Å². The van der Waals surface area contributed by atoms with E-state index in [9.17, 15) is 9.90 Å². The molecule has 1 N–H and O–H groups in total. The third-order valence-electron chi connectivity index (χ3n) is 8.82. The first kappa shape index (κ1) is 38.7. The SMILES string of the molecule is CCCCCCCCCCCCCCCCCCCCCCCCCCCCCCC(=O)OCC(O)c1ccccc1. The normalized spacial score (nSPS) is 12.0. The van der Waals surface area contributed by atoms with Crippen LogP contribution in [0.25, 0.3) is 0 Å². The Hall–Kier alpha value is -1.35. The lowest BCUT2D eigenvalue weighted by atomic mass is 10.0. The fraction of sp³-hybridized carbons (Fsp3) is 0.821. The van der Waals surface area contributed by atoms with Crippen molar-refractivity contribution >= 4 is 5.97 Å². The van der Waals surface area contributed by atoms with Gasteiger partial charge in [-0.05, 0) is 12.0 Å². The molecule has 1 aromatic rings. The molecule has 3 nitrogen and oxygen atoms in total. The number of benzene rings is 1. The molecule has 0 amide bonds. The van der Waals surface area contributed by atoms with Crippen LogP contribution in [0.1, 0.15) is 205 Å². The standard InChI is InChI=1S/C39H70O3/c1-2-3-4-5-6-7-8-9-10-11-12-13-14-15-16-17-18-19-20-21-22-23-24-25-26-27-28-32-35-39(41)42-36-38(40)37-33-30-29-31-34-37/h29-31,33-34,38,40H,2-28,32,35-36H2,1H3. The van der Waals surface area contributed by atoms with Gasteiger partial charge in [-0.15, -0.1) is 0 Å². The smallest absolute Gasteiger partial charge is 0.305 e. The zero-order chi connectivity index (χ0) is 30.2. The second-order valence-corrected chi connectivity index (χ2v) is 12.9. The van der Waals surface area contributed by atoms with E-state index >= 15 is 0 Å². The highest BCUT2D eigenvalue weighted by atomic mass is 16.5. The topological polar surface area (TPSA) is 46.5 Å². The van der Waals surface area contributed by atoms with Crippen molar-refractivity contribution in [2.75, 3.05) is 6.61 Å². The van der Waals surface area contributed by atoms with Crippen LogP contribution in [-0.2, 0) is 9.53 Å². The highest BCUT2D eigenvalue weighted by Crippen LogP contribution is 2.17. The average molecular weight is 587 g/mol. The molecule has 0 bridgehead atoms. The first-order valence-electron chi connectivity index (χ1n) is 18.6. The van der Waals surface area contributed by atoms with Crippen LogP contribution in [0, 0.1) is 0 Å². The summed E-state index contributed by atoms with van der Waals surface area (Å²) in [6.45, 7) is 2.34. The second kappa shape index (κ2) is 31.1. The summed E-state index contributed by atoms with van der Waals surface area (Å²) in [7, 11) is 0. The van der Waals surface area contributed by atoms with E-state index in [-0.39, 0.29) is 12.6 Å². The first-order valence-corrected chi connectivity index (χ1v) is 18.6. The minimum Gasteiger partial charge on any atom is -0.463 e. The number of ether oxygens (including phenoxy) is 1. The lowest BCUT2D eigenvalue weighted by Crippen LogP contribution is -2.12. The molecule has 0 aromatic heterocycles. The summed E-state index contributed by atoms with van der Waals surface area (Å²) in [5.74, 6) is -0.195. The Morgan fingerprint density at radius 3 is 1.17 bits per heavy atom. The van der Waals surface area contributed by atoms with Gasteiger partial charge in [0.05, 0.1) is 0 Å². The van der Waals surface area contributed by atoms with E-state index in [2.05, 4.69) is 6.92 Å². The van der Waals surface area contributed by atoms with E-state index in [1.807, 2.05) is 30.3 Å². The van der Waals surface area contributed by atoms with Crippen LogP contribution in [0.5, 0.6) is 0 Å². The number of carbonyl (C=O) groups is 1. The molecule has 1 atom stereocenters. The zero-order valence-electron chi connectivity index (χ0n) is 27.9. The number of unbranched alkanes of at least 4 members (excludes halogenated alkanes) is 27.